The molecular formula is C22H26BFN2O2. The van der Waals surface area contributed by atoms with Gasteiger partial charge in [-0.25, -0.2) is 4.39 Å². The van der Waals surface area contributed by atoms with E-state index >= 15 is 0 Å². The minimum atomic E-state index is -0.215. The smallest absolute Gasteiger partial charge is 0.161 e. The first-order valence-corrected chi connectivity index (χ1v) is 9.29. The van der Waals surface area contributed by atoms with Crippen molar-refractivity contribution in [2.24, 2.45) is 0 Å². The number of rotatable bonds is 7. The third-order valence-corrected chi connectivity index (χ3v) is 5.20. The van der Waals surface area contributed by atoms with E-state index in [2.05, 4.69) is 16.9 Å². The summed E-state index contributed by atoms with van der Waals surface area (Å²) in [4.78, 5) is 3.19. The Morgan fingerprint density at radius 3 is 2.54 bits per heavy atom. The van der Waals surface area contributed by atoms with E-state index in [1.54, 1.807) is 14.2 Å². The van der Waals surface area contributed by atoms with Crippen LogP contribution in [0.4, 0.5) is 4.39 Å². The van der Waals surface area contributed by atoms with Crippen molar-refractivity contribution in [1.29, 1.82) is 0 Å². The summed E-state index contributed by atoms with van der Waals surface area (Å²) < 4.78 is 24.9. The molecule has 0 aliphatic rings. The Morgan fingerprint density at radius 1 is 1.18 bits per heavy atom. The number of aromatic amines is 1. The molecule has 0 bridgehead atoms. The van der Waals surface area contributed by atoms with Gasteiger partial charge in [-0.15, -0.1) is 0 Å². The molecule has 146 valence electrons. The Morgan fingerprint density at radius 2 is 1.86 bits per heavy atom. The van der Waals surface area contributed by atoms with Gasteiger partial charge in [-0.3, -0.25) is 0 Å². The molecule has 0 aliphatic carbocycles. The zero-order valence-electron chi connectivity index (χ0n) is 17.1. The van der Waals surface area contributed by atoms with Gasteiger partial charge in [-0.05, 0) is 55.2 Å². The molecule has 0 spiro atoms. The number of aromatic nitrogens is 1. The molecule has 0 unspecified atom stereocenters. The first-order chi connectivity index (χ1) is 13.4. The maximum Gasteiger partial charge on any atom is 0.161 e. The fraction of sp³-hybridized carbons (Fsp3) is 0.273. The first-order valence-electron chi connectivity index (χ1n) is 9.29. The van der Waals surface area contributed by atoms with Crippen molar-refractivity contribution in [1.82, 2.24) is 10.3 Å². The van der Waals surface area contributed by atoms with Crippen LogP contribution in [0.15, 0.2) is 30.8 Å². The van der Waals surface area contributed by atoms with Crippen molar-refractivity contribution < 1.29 is 13.9 Å². The minimum Gasteiger partial charge on any atom is -0.493 e. The molecule has 0 saturated carbocycles. The van der Waals surface area contributed by atoms with Gasteiger partial charge in [0.05, 0.1) is 19.7 Å². The Labute approximate surface area is 166 Å². The molecule has 0 amide bonds. The number of hydrogen-bond acceptors (Lipinski definition) is 3. The van der Waals surface area contributed by atoms with Crippen LogP contribution in [-0.4, -0.2) is 33.6 Å². The summed E-state index contributed by atoms with van der Waals surface area (Å²) in [6.07, 6.45) is 0.765. The Kier molecular flexibility index (Phi) is 5.68. The standard InChI is InChI=1S/C22H26BFN2O2/c1-12-6-7-18(24)22-21(12)15(14(3)26-22)8-9-25-13(2)16-10-19(27-4)20(28-5)11-17(16)23/h6-7,10-11,25-26H,2,8-9,23H2,1,3-5H3. The van der Waals surface area contributed by atoms with Crippen LogP contribution in [0.3, 0.4) is 0 Å². The lowest BCUT2D eigenvalue weighted by Gasteiger charge is -2.16. The van der Waals surface area contributed by atoms with Gasteiger partial charge in [0.15, 0.2) is 11.5 Å². The molecular weight excluding hydrogens is 354 g/mol. The highest BCUT2D eigenvalue weighted by molar-refractivity contribution is 6.34. The second-order valence-corrected chi connectivity index (χ2v) is 7.02. The summed E-state index contributed by atoms with van der Waals surface area (Å²) in [5.41, 5.74) is 6.65. The quantitative estimate of drug-likeness (QED) is 0.620. The van der Waals surface area contributed by atoms with Gasteiger partial charge in [-0.1, -0.05) is 18.1 Å². The molecule has 2 N–H and O–H groups in total. The van der Waals surface area contributed by atoms with Crippen LogP contribution < -0.4 is 20.3 Å². The van der Waals surface area contributed by atoms with Gasteiger partial charge in [0.2, 0.25) is 0 Å². The molecule has 0 radical (unpaired) electrons. The zero-order chi connectivity index (χ0) is 20.4. The molecule has 1 aromatic heterocycles. The van der Waals surface area contributed by atoms with E-state index in [0.717, 1.165) is 45.4 Å². The third-order valence-electron chi connectivity index (χ3n) is 5.20. The average molecular weight is 380 g/mol. The van der Waals surface area contributed by atoms with Crippen LogP contribution in [0.1, 0.15) is 22.4 Å². The van der Waals surface area contributed by atoms with E-state index < -0.39 is 0 Å². The lowest BCUT2D eigenvalue weighted by atomic mass is 9.88. The molecule has 6 heteroatoms. The van der Waals surface area contributed by atoms with Crippen molar-refractivity contribution in [2.75, 3.05) is 20.8 Å². The summed E-state index contributed by atoms with van der Waals surface area (Å²) in [6, 6.07) is 7.21. The lowest BCUT2D eigenvalue weighted by Crippen LogP contribution is -2.21. The number of nitrogens with one attached hydrogen (secondary N) is 2. The Balaban J connectivity index is 1.78. The SMILES string of the molecule is Bc1cc(OC)c(OC)cc1C(=C)NCCc1c(C)[nH]c2c(F)ccc(C)c12. The van der Waals surface area contributed by atoms with Crippen molar-refractivity contribution in [3.05, 3.63) is 59.0 Å². The van der Waals surface area contributed by atoms with Gasteiger partial charge >= 0.3 is 0 Å². The number of aryl methyl sites for hydroxylation is 2. The topological polar surface area (TPSA) is 46.3 Å². The lowest BCUT2D eigenvalue weighted by molar-refractivity contribution is 0.355. The van der Waals surface area contributed by atoms with Crippen LogP contribution in [-0.2, 0) is 6.42 Å². The second kappa shape index (κ2) is 8.01. The van der Waals surface area contributed by atoms with Gasteiger partial charge in [0.1, 0.15) is 13.7 Å². The summed E-state index contributed by atoms with van der Waals surface area (Å²) in [5, 5.41) is 4.37. The number of methoxy groups -OCH3 is 2. The highest BCUT2D eigenvalue weighted by atomic mass is 19.1. The monoisotopic (exact) mass is 380 g/mol. The van der Waals surface area contributed by atoms with E-state index in [-0.39, 0.29) is 5.82 Å². The fourth-order valence-corrected chi connectivity index (χ4v) is 3.69. The van der Waals surface area contributed by atoms with Crippen LogP contribution in [0.5, 0.6) is 11.5 Å². The Hall–Kier alpha value is -2.89. The molecule has 0 aliphatic heterocycles. The van der Waals surface area contributed by atoms with Crippen molar-refractivity contribution in [2.45, 2.75) is 20.3 Å². The second-order valence-electron chi connectivity index (χ2n) is 7.02. The largest absolute Gasteiger partial charge is 0.493 e. The van der Waals surface area contributed by atoms with E-state index in [0.29, 0.717) is 23.6 Å². The van der Waals surface area contributed by atoms with Crippen LogP contribution in [0.2, 0.25) is 0 Å². The molecule has 3 aromatic rings. The fourth-order valence-electron chi connectivity index (χ4n) is 3.69. The molecule has 3 rings (SSSR count). The van der Waals surface area contributed by atoms with E-state index in [4.69, 9.17) is 9.47 Å². The van der Waals surface area contributed by atoms with Crippen molar-refractivity contribution in [3.8, 4) is 11.5 Å². The Bertz CT molecular complexity index is 1040. The van der Waals surface area contributed by atoms with Crippen LogP contribution in [0.25, 0.3) is 16.6 Å². The van der Waals surface area contributed by atoms with Gasteiger partial charge in [-0.2, -0.15) is 0 Å². The van der Waals surface area contributed by atoms with Gasteiger partial charge in [0, 0.05) is 23.3 Å². The number of benzene rings is 2. The number of ether oxygens (including phenoxy) is 2. The normalized spacial score (nSPS) is 10.9. The van der Waals surface area contributed by atoms with Crippen LogP contribution >= 0.6 is 0 Å². The summed E-state index contributed by atoms with van der Waals surface area (Å²) in [7, 11) is 5.26. The third kappa shape index (κ3) is 3.59. The average Bonchev–Trinajstić information content (AvgIpc) is 3.02. The predicted molar refractivity (Wildman–Crippen MR) is 116 cm³/mol. The molecule has 1 heterocycles. The van der Waals surface area contributed by atoms with Crippen molar-refractivity contribution >= 4 is 29.9 Å². The summed E-state index contributed by atoms with van der Waals surface area (Å²) >= 11 is 0. The van der Waals surface area contributed by atoms with E-state index in [1.807, 2.05) is 39.9 Å². The summed E-state index contributed by atoms with van der Waals surface area (Å²) in [5.74, 6) is 1.15. The van der Waals surface area contributed by atoms with E-state index in [9.17, 15) is 4.39 Å². The molecule has 2 aromatic carbocycles. The van der Waals surface area contributed by atoms with E-state index in [1.165, 1.54) is 6.07 Å². The highest BCUT2D eigenvalue weighted by Gasteiger charge is 2.14. The summed E-state index contributed by atoms with van der Waals surface area (Å²) in [6.45, 7) is 8.87. The first kappa shape index (κ1) is 19.9. The number of H-pyrrole nitrogens is 1. The minimum absolute atomic E-state index is 0.215. The number of hydrogen-bond donors (Lipinski definition) is 2. The molecule has 0 fully saturated rings. The number of fused-ring (bicyclic) bond motifs is 1. The number of halogens is 1. The molecule has 4 nitrogen and oxygen atoms in total. The molecule has 28 heavy (non-hydrogen) atoms. The van der Waals surface area contributed by atoms with Crippen LogP contribution in [0, 0.1) is 19.7 Å². The van der Waals surface area contributed by atoms with Crippen molar-refractivity contribution in [3.63, 3.8) is 0 Å². The molecule has 0 atom stereocenters. The maximum absolute atomic E-state index is 14.1. The van der Waals surface area contributed by atoms with Gasteiger partial charge in [0.25, 0.3) is 0 Å². The molecule has 0 saturated heterocycles. The maximum atomic E-state index is 14.1. The zero-order valence-corrected chi connectivity index (χ0v) is 17.1. The highest BCUT2D eigenvalue weighted by Crippen LogP contribution is 2.29. The predicted octanol–water partition coefficient (Wildman–Crippen LogP) is 3.00. The van der Waals surface area contributed by atoms with Gasteiger partial charge < -0.3 is 19.8 Å².